The fourth-order valence-corrected chi connectivity index (χ4v) is 4.25. The standard InChI is InChI=1S/C10H13ClN2O3S/c1-13-10(8(11)5-12-13)9(14)4-7-2-3-17(15,16)6-7/h5,7H,2-4,6H2,1H3. The second-order valence-corrected chi connectivity index (χ2v) is 7.00. The Labute approximate surface area is 105 Å². The molecule has 1 fully saturated rings. The third-order valence-electron chi connectivity index (χ3n) is 2.96. The second-order valence-electron chi connectivity index (χ2n) is 4.36. The molecule has 1 aliphatic heterocycles. The van der Waals surface area contributed by atoms with Gasteiger partial charge < -0.3 is 0 Å². The van der Waals surface area contributed by atoms with Crippen molar-refractivity contribution in [2.75, 3.05) is 11.5 Å². The summed E-state index contributed by atoms with van der Waals surface area (Å²) in [7, 11) is -1.29. The van der Waals surface area contributed by atoms with Crippen molar-refractivity contribution in [3.63, 3.8) is 0 Å². The molecule has 1 unspecified atom stereocenters. The molecule has 0 aliphatic carbocycles. The van der Waals surface area contributed by atoms with E-state index in [1.54, 1.807) is 7.05 Å². The van der Waals surface area contributed by atoms with Gasteiger partial charge in [0.25, 0.3) is 0 Å². The minimum atomic E-state index is -2.94. The summed E-state index contributed by atoms with van der Waals surface area (Å²) < 4.78 is 24.0. The summed E-state index contributed by atoms with van der Waals surface area (Å²) in [5, 5.41) is 4.20. The summed E-state index contributed by atoms with van der Waals surface area (Å²) in [5.41, 5.74) is 0.357. The Morgan fingerprint density at radius 3 is 2.82 bits per heavy atom. The Kier molecular flexibility index (Phi) is 3.27. The minimum Gasteiger partial charge on any atom is -0.292 e. The number of carbonyl (C=O) groups is 1. The number of Topliss-reactive ketones (excluding diaryl/α,β-unsaturated/α-hetero) is 1. The number of rotatable bonds is 3. The summed E-state index contributed by atoms with van der Waals surface area (Å²) in [5.74, 6) is 0.0636. The first-order valence-electron chi connectivity index (χ1n) is 5.30. The van der Waals surface area contributed by atoms with Crippen molar-refractivity contribution in [1.29, 1.82) is 0 Å². The van der Waals surface area contributed by atoms with Gasteiger partial charge in [-0.15, -0.1) is 0 Å². The highest BCUT2D eigenvalue weighted by molar-refractivity contribution is 7.91. The van der Waals surface area contributed by atoms with Gasteiger partial charge in [-0.3, -0.25) is 9.48 Å². The van der Waals surface area contributed by atoms with Crippen LogP contribution in [-0.4, -0.2) is 35.5 Å². The molecule has 17 heavy (non-hydrogen) atoms. The first-order chi connectivity index (χ1) is 7.89. The van der Waals surface area contributed by atoms with Gasteiger partial charge in [0.15, 0.2) is 15.6 Å². The Hall–Kier alpha value is -0.880. The Morgan fingerprint density at radius 2 is 2.35 bits per heavy atom. The topological polar surface area (TPSA) is 69.0 Å². The van der Waals surface area contributed by atoms with Gasteiger partial charge in [-0.1, -0.05) is 11.6 Å². The van der Waals surface area contributed by atoms with Crippen LogP contribution in [0.25, 0.3) is 0 Å². The van der Waals surface area contributed by atoms with Crippen LogP contribution in [0.3, 0.4) is 0 Å². The van der Waals surface area contributed by atoms with Crippen molar-refractivity contribution in [1.82, 2.24) is 9.78 Å². The van der Waals surface area contributed by atoms with E-state index in [0.29, 0.717) is 17.1 Å². The van der Waals surface area contributed by atoms with E-state index < -0.39 is 9.84 Å². The van der Waals surface area contributed by atoms with Gasteiger partial charge in [-0.2, -0.15) is 5.10 Å². The number of aryl methyl sites for hydroxylation is 1. The van der Waals surface area contributed by atoms with Crippen LogP contribution in [0.15, 0.2) is 6.20 Å². The largest absolute Gasteiger partial charge is 0.292 e. The zero-order valence-electron chi connectivity index (χ0n) is 9.39. The van der Waals surface area contributed by atoms with Crippen LogP contribution in [-0.2, 0) is 16.9 Å². The molecule has 0 amide bonds. The maximum absolute atomic E-state index is 12.0. The smallest absolute Gasteiger partial charge is 0.182 e. The molecule has 0 bridgehead atoms. The van der Waals surface area contributed by atoms with E-state index in [9.17, 15) is 13.2 Å². The van der Waals surface area contributed by atoms with E-state index in [1.807, 2.05) is 0 Å². The maximum atomic E-state index is 12.0. The zero-order chi connectivity index (χ0) is 12.6. The summed E-state index contributed by atoms with van der Waals surface area (Å²) >= 11 is 5.86. The SMILES string of the molecule is Cn1ncc(Cl)c1C(=O)CC1CCS(=O)(=O)C1. The van der Waals surface area contributed by atoms with Crippen LogP contribution in [0.1, 0.15) is 23.3 Å². The van der Waals surface area contributed by atoms with Gasteiger partial charge >= 0.3 is 0 Å². The number of aromatic nitrogens is 2. The van der Waals surface area contributed by atoms with Crippen LogP contribution >= 0.6 is 11.6 Å². The molecule has 1 atom stereocenters. The molecule has 0 spiro atoms. The molecule has 7 heteroatoms. The molecule has 5 nitrogen and oxygen atoms in total. The molecule has 1 aliphatic rings. The van der Waals surface area contributed by atoms with Crippen molar-refractivity contribution in [2.24, 2.45) is 13.0 Å². The lowest BCUT2D eigenvalue weighted by molar-refractivity contribution is 0.0956. The van der Waals surface area contributed by atoms with E-state index in [-0.39, 0.29) is 29.6 Å². The fraction of sp³-hybridized carbons (Fsp3) is 0.600. The van der Waals surface area contributed by atoms with E-state index in [0.717, 1.165) is 0 Å². The van der Waals surface area contributed by atoms with Crippen LogP contribution in [0.5, 0.6) is 0 Å². The number of hydrogen-bond acceptors (Lipinski definition) is 4. The molecule has 0 N–H and O–H groups in total. The number of ketones is 1. The molecule has 0 saturated carbocycles. The summed E-state index contributed by atoms with van der Waals surface area (Å²) in [6.45, 7) is 0. The van der Waals surface area contributed by atoms with Gasteiger partial charge in [-0.05, 0) is 12.3 Å². The van der Waals surface area contributed by atoms with E-state index >= 15 is 0 Å². The summed E-state index contributed by atoms with van der Waals surface area (Å²) in [4.78, 5) is 12.0. The van der Waals surface area contributed by atoms with E-state index in [4.69, 9.17) is 11.6 Å². The van der Waals surface area contributed by atoms with Crippen molar-refractivity contribution in [3.05, 3.63) is 16.9 Å². The predicted molar refractivity (Wildman–Crippen MR) is 63.9 cm³/mol. The van der Waals surface area contributed by atoms with E-state index in [1.165, 1.54) is 10.9 Å². The molecular weight excluding hydrogens is 264 g/mol. The van der Waals surface area contributed by atoms with Gasteiger partial charge in [0.05, 0.1) is 22.7 Å². The fourth-order valence-electron chi connectivity index (χ4n) is 2.12. The van der Waals surface area contributed by atoms with Crippen LogP contribution in [0.4, 0.5) is 0 Å². The van der Waals surface area contributed by atoms with Gasteiger partial charge in [-0.25, -0.2) is 8.42 Å². The van der Waals surface area contributed by atoms with Crippen molar-refractivity contribution in [2.45, 2.75) is 12.8 Å². The highest BCUT2D eigenvalue weighted by Crippen LogP contribution is 2.25. The number of halogens is 1. The van der Waals surface area contributed by atoms with Gasteiger partial charge in [0, 0.05) is 13.5 Å². The number of carbonyl (C=O) groups excluding carboxylic acids is 1. The molecule has 0 radical (unpaired) electrons. The average molecular weight is 277 g/mol. The van der Waals surface area contributed by atoms with Gasteiger partial charge in [0.2, 0.25) is 0 Å². The Morgan fingerprint density at radius 1 is 1.65 bits per heavy atom. The maximum Gasteiger partial charge on any atom is 0.182 e. The number of sulfone groups is 1. The number of hydrogen-bond donors (Lipinski definition) is 0. The van der Waals surface area contributed by atoms with Crippen LogP contribution in [0, 0.1) is 5.92 Å². The first kappa shape index (κ1) is 12.6. The van der Waals surface area contributed by atoms with Gasteiger partial charge in [0.1, 0.15) is 5.69 Å². The number of nitrogens with zero attached hydrogens (tertiary/aromatic N) is 2. The molecule has 94 valence electrons. The Balaban J connectivity index is 2.09. The predicted octanol–water partition coefficient (Wildman–Crippen LogP) is 1.08. The minimum absolute atomic E-state index is 0.0848. The van der Waals surface area contributed by atoms with Crippen molar-refractivity contribution in [3.8, 4) is 0 Å². The molecular formula is C10H13ClN2O3S. The van der Waals surface area contributed by atoms with Crippen LogP contribution in [0.2, 0.25) is 5.02 Å². The zero-order valence-corrected chi connectivity index (χ0v) is 11.0. The van der Waals surface area contributed by atoms with Crippen molar-refractivity contribution < 1.29 is 13.2 Å². The molecule has 1 saturated heterocycles. The average Bonchev–Trinajstić information content (AvgIpc) is 2.70. The van der Waals surface area contributed by atoms with Crippen molar-refractivity contribution >= 4 is 27.2 Å². The normalized spacial score (nSPS) is 22.8. The summed E-state index contributed by atoms with van der Waals surface area (Å²) in [6, 6.07) is 0. The quantitative estimate of drug-likeness (QED) is 0.775. The lowest BCUT2D eigenvalue weighted by Gasteiger charge is -2.06. The third kappa shape index (κ3) is 2.69. The lowest BCUT2D eigenvalue weighted by atomic mass is 10.0. The molecule has 2 rings (SSSR count). The lowest BCUT2D eigenvalue weighted by Crippen LogP contribution is -2.14. The molecule has 1 aromatic rings. The first-order valence-corrected chi connectivity index (χ1v) is 7.50. The molecule has 1 aromatic heterocycles. The molecule has 0 aromatic carbocycles. The highest BCUT2D eigenvalue weighted by atomic mass is 35.5. The summed E-state index contributed by atoms with van der Waals surface area (Å²) in [6.07, 6.45) is 2.20. The Bertz CT molecular complexity index is 530. The monoisotopic (exact) mass is 276 g/mol. The second kappa shape index (κ2) is 4.42. The van der Waals surface area contributed by atoms with Crippen LogP contribution < -0.4 is 0 Å². The highest BCUT2D eigenvalue weighted by Gasteiger charge is 2.30. The van der Waals surface area contributed by atoms with E-state index in [2.05, 4.69) is 5.10 Å². The molecule has 2 heterocycles. The third-order valence-corrected chi connectivity index (χ3v) is 5.07.